The molecule has 1 aromatic rings. The monoisotopic (exact) mass is 300 g/mol. The number of hydrogen-bond donors (Lipinski definition) is 0. The minimum Gasteiger partial charge on any atom is -0.376 e. The minimum absolute atomic E-state index is 0.712. The van der Waals surface area contributed by atoms with E-state index in [0.717, 1.165) is 13.0 Å². The summed E-state index contributed by atoms with van der Waals surface area (Å²) in [5.74, 6) is 0. The van der Waals surface area contributed by atoms with Crippen LogP contribution < -0.4 is 0 Å². The lowest BCUT2D eigenvalue weighted by molar-refractivity contribution is 0.125. The van der Waals surface area contributed by atoms with Gasteiger partial charge in [0.1, 0.15) is 0 Å². The van der Waals surface area contributed by atoms with Gasteiger partial charge in [-0.1, -0.05) is 87.2 Å². The van der Waals surface area contributed by atoms with Crippen molar-refractivity contribution >= 4 is 0 Å². The maximum absolute atomic E-state index is 5.71. The first-order valence-corrected chi connectivity index (χ1v) is 8.84. The second kappa shape index (κ2) is 13.3. The molecule has 1 heteroatoms. The number of unbranched alkanes of at least 4 members (excludes halogenated alkanes) is 3. The second-order valence-electron chi connectivity index (χ2n) is 5.75. The molecule has 122 valence electrons. The Labute approximate surface area is 137 Å². The third kappa shape index (κ3) is 9.57. The Balaban J connectivity index is 2.23. The van der Waals surface area contributed by atoms with Gasteiger partial charge in [0.25, 0.3) is 0 Å². The standard InChI is InChI=1S/C21H32O/c1-3-5-8-14-20(13-6-4-2)15-11-12-18-22-19-21-16-9-7-10-17-21/h7,9-11,14-17H,3-6,8,12-13,18-19H2,1-2H3. The Morgan fingerprint density at radius 2 is 1.77 bits per heavy atom. The Hall–Kier alpha value is -1.34. The van der Waals surface area contributed by atoms with E-state index in [1.807, 2.05) is 6.07 Å². The molecule has 0 saturated carbocycles. The molecule has 0 amide bonds. The van der Waals surface area contributed by atoms with E-state index in [0.29, 0.717) is 6.61 Å². The third-order valence-electron chi connectivity index (χ3n) is 3.66. The van der Waals surface area contributed by atoms with Crippen LogP contribution in [-0.2, 0) is 11.3 Å². The van der Waals surface area contributed by atoms with Crippen LogP contribution in [0, 0.1) is 0 Å². The summed E-state index contributed by atoms with van der Waals surface area (Å²) in [6.07, 6.45) is 15.5. The largest absolute Gasteiger partial charge is 0.376 e. The maximum atomic E-state index is 5.71. The zero-order chi connectivity index (χ0) is 15.9. The first kappa shape index (κ1) is 18.7. The molecule has 0 atom stereocenters. The van der Waals surface area contributed by atoms with Gasteiger partial charge in [0.2, 0.25) is 0 Å². The number of hydrogen-bond acceptors (Lipinski definition) is 1. The van der Waals surface area contributed by atoms with Crippen LogP contribution in [0.2, 0.25) is 0 Å². The predicted octanol–water partition coefficient (Wildman–Crippen LogP) is 6.46. The molecular weight excluding hydrogens is 268 g/mol. The topological polar surface area (TPSA) is 9.23 Å². The quantitative estimate of drug-likeness (QED) is 0.318. The van der Waals surface area contributed by atoms with Crippen LogP contribution in [0.1, 0.15) is 64.4 Å². The molecule has 1 rings (SSSR count). The molecule has 0 unspecified atom stereocenters. The van der Waals surface area contributed by atoms with Crippen molar-refractivity contribution in [3.63, 3.8) is 0 Å². The third-order valence-corrected chi connectivity index (χ3v) is 3.66. The summed E-state index contributed by atoms with van der Waals surface area (Å²) in [5, 5.41) is 0. The van der Waals surface area contributed by atoms with Crippen LogP contribution in [0.15, 0.2) is 54.1 Å². The summed E-state index contributed by atoms with van der Waals surface area (Å²) in [4.78, 5) is 0. The van der Waals surface area contributed by atoms with Gasteiger partial charge in [-0.3, -0.25) is 0 Å². The SMILES string of the molecule is CCCCC=C(C=CCCOCc1ccccc1)CCCC. The molecular formula is C21H32O. The van der Waals surface area contributed by atoms with Gasteiger partial charge in [0.15, 0.2) is 0 Å². The summed E-state index contributed by atoms with van der Waals surface area (Å²) in [6.45, 7) is 6.01. The van der Waals surface area contributed by atoms with E-state index in [1.54, 1.807) is 0 Å². The lowest BCUT2D eigenvalue weighted by atomic mass is 10.1. The van der Waals surface area contributed by atoms with Gasteiger partial charge in [0, 0.05) is 0 Å². The van der Waals surface area contributed by atoms with E-state index in [2.05, 4.69) is 56.3 Å². The van der Waals surface area contributed by atoms with Gasteiger partial charge in [0.05, 0.1) is 13.2 Å². The molecule has 0 aromatic heterocycles. The molecule has 22 heavy (non-hydrogen) atoms. The summed E-state index contributed by atoms with van der Waals surface area (Å²) in [5.41, 5.74) is 2.74. The van der Waals surface area contributed by atoms with Crippen LogP contribution >= 0.6 is 0 Å². The van der Waals surface area contributed by atoms with Crippen LogP contribution in [0.5, 0.6) is 0 Å². The van der Waals surface area contributed by atoms with Gasteiger partial charge in [-0.15, -0.1) is 0 Å². The van der Waals surface area contributed by atoms with E-state index in [-0.39, 0.29) is 0 Å². The van der Waals surface area contributed by atoms with Crippen LogP contribution in [-0.4, -0.2) is 6.61 Å². The van der Waals surface area contributed by atoms with E-state index < -0.39 is 0 Å². The average Bonchev–Trinajstić information content (AvgIpc) is 2.56. The summed E-state index contributed by atoms with van der Waals surface area (Å²) in [6, 6.07) is 10.4. The van der Waals surface area contributed by atoms with Crippen LogP contribution in [0.3, 0.4) is 0 Å². The molecule has 1 aromatic carbocycles. The predicted molar refractivity (Wildman–Crippen MR) is 97.0 cm³/mol. The van der Waals surface area contributed by atoms with Gasteiger partial charge >= 0.3 is 0 Å². The van der Waals surface area contributed by atoms with Gasteiger partial charge in [-0.25, -0.2) is 0 Å². The molecule has 0 fully saturated rings. The van der Waals surface area contributed by atoms with E-state index in [9.17, 15) is 0 Å². The van der Waals surface area contributed by atoms with E-state index in [4.69, 9.17) is 4.74 Å². The smallest absolute Gasteiger partial charge is 0.0717 e. The minimum atomic E-state index is 0.712. The molecule has 0 aliphatic carbocycles. The Kier molecular flexibility index (Phi) is 11.3. The lowest BCUT2D eigenvalue weighted by Gasteiger charge is -2.03. The van der Waals surface area contributed by atoms with Crippen molar-refractivity contribution in [2.75, 3.05) is 6.61 Å². The number of rotatable bonds is 12. The highest BCUT2D eigenvalue weighted by Crippen LogP contribution is 2.12. The second-order valence-corrected chi connectivity index (χ2v) is 5.75. The number of benzene rings is 1. The number of ether oxygens (including phenoxy) is 1. The zero-order valence-electron chi connectivity index (χ0n) is 14.4. The zero-order valence-corrected chi connectivity index (χ0v) is 14.4. The highest BCUT2D eigenvalue weighted by molar-refractivity contribution is 5.18. The van der Waals surface area contributed by atoms with Gasteiger partial charge < -0.3 is 4.74 Å². The fourth-order valence-electron chi connectivity index (χ4n) is 2.28. The highest BCUT2D eigenvalue weighted by atomic mass is 16.5. The Bertz CT molecular complexity index is 417. The molecule has 0 N–H and O–H groups in total. The molecule has 0 radical (unpaired) electrons. The maximum Gasteiger partial charge on any atom is 0.0717 e. The highest BCUT2D eigenvalue weighted by Gasteiger charge is 1.94. The number of allylic oxidation sites excluding steroid dienone is 3. The molecule has 0 heterocycles. The average molecular weight is 300 g/mol. The van der Waals surface area contributed by atoms with Crippen molar-refractivity contribution in [2.24, 2.45) is 0 Å². The molecule has 0 spiro atoms. The first-order valence-electron chi connectivity index (χ1n) is 8.84. The normalized spacial score (nSPS) is 12.2. The van der Waals surface area contributed by atoms with Crippen molar-refractivity contribution < 1.29 is 4.74 Å². The van der Waals surface area contributed by atoms with Crippen molar-refractivity contribution in [2.45, 2.75) is 65.4 Å². The van der Waals surface area contributed by atoms with Gasteiger partial charge in [-0.2, -0.15) is 0 Å². The summed E-state index contributed by atoms with van der Waals surface area (Å²) < 4.78 is 5.71. The Morgan fingerprint density at radius 1 is 1.00 bits per heavy atom. The molecule has 0 aliphatic heterocycles. The summed E-state index contributed by atoms with van der Waals surface area (Å²) >= 11 is 0. The fourth-order valence-corrected chi connectivity index (χ4v) is 2.28. The van der Waals surface area contributed by atoms with Crippen LogP contribution in [0.25, 0.3) is 0 Å². The first-order chi connectivity index (χ1) is 10.9. The van der Waals surface area contributed by atoms with Gasteiger partial charge in [-0.05, 0) is 31.2 Å². The van der Waals surface area contributed by atoms with Crippen molar-refractivity contribution in [1.29, 1.82) is 0 Å². The molecule has 0 aliphatic rings. The molecule has 1 nitrogen and oxygen atoms in total. The Morgan fingerprint density at radius 3 is 2.50 bits per heavy atom. The lowest BCUT2D eigenvalue weighted by Crippen LogP contribution is -1.94. The molecule has 0 saturated heterocycles. The molecule has 0 bridgehead atoms. The summed E-state index contributed by atoms with van der Waals surface area (Å²) in [7, 11) is 0. The van der Waals surface area contributed by atoms with E-state index >= 15 is 0 Å². The van der Waals surface area contributed by atoms with E-state index in [1.165, 1.54) is 49.7 Å². The van der Waals surface area contributed by atoms with Crippen LogP contribution in [0.4, 0.5) is 0 Å². The van der Waals surface area contributed by atoms with Crippen molar-refractivity contribution in [3.05, 3.63) is 59.7 Å². The van der Waals surface area contributed by atoms with Crippen molar-refractivity contribution in [3.8, 4) is 0 Å². The fraction of sp³-hybridized carbons (Fsp3) is 0.524. The van der Waals surface area contributed by atoms with Crippen molar-refractivity contribution in [1.82, 2.24) is 0 Å².